The summed E-state index contributed by atoms with van der Waals surface area (Å²) in [6.07, 6.45) is -1.32. The Morgan fingerprint density at radius 2 is 1.86 bits per heavy atom. The van der Waals surface area contributed by atoms with Crippen LogP contribution in [-0.2, 0) is 6.18 Å². The summed E-state index contributed by atoms with van der Waals surface area (Å²) < 4.78 is 39.7. The molecule has 0 bridgehead atoms. The maximum Gasteiger partial charge on any atom is 0.417 e. The average molecular weight is 393 g/mol. The van der Waals surface area contributed by atoms with Crippen molar-refractivity contribution in [1.82, 2.24) is 20.2 Å². The Labute approximate surface area is 161 Å². The molecule has 1 aliphatic rings. The number of aromatic nitrogens is 2. The molecule has 2 heterocycles. The van der Waals surface area contributed by atoms with E-state index in [9.17, 15) is 18.0 Å². The highest BCUT2D eigenvalue weighted by Crippen LogP contribution is 2.32. The zero-order valence-corrected chi connectivity index (χ0v) is 15.6. The van der Waals surface area contributed by atoms with Crippen molar-refractivity contribution in [3.8, 4) is 0 Å². The summed E-state index contributed by atoms with van der Waals surface area (Å²) in [6, 6.07) is 6.22. The van der Waals surface area contributed by atoms with Gasteiger partial charge >= 0.3 is 6.18 Å². The van der Waals surface area contributed by atoms with Gasteiger partial charge in [0.15, 0.2) is 0 Å². The lowest BCUT2D eigenvalue weighted by Gasteiger charge is -2.23. The number of amides is 1. The molecule has 2 aromatic rings. The molecule has 150 valence electrons. The first-order chi connectivity index (χ1) is 13.3. The molecule has 1 saturated heterocycles. The van der Waals surface area contributed by atoms with E-state index in [1.165, 1.54) is 18.2 Å². The first kappa shape index (κ1) is 20.1. The van der Waals surface area contributed by atoms with Gasteiger partial charge in [0.05, 0.1) is 17.2 Å². The number of rotatable bonds is 5. The SMILES string of the molecule is CN(C)C[C@@H]1CN(c2ncccn2)C[C@H]1NC(=O)c1ccccc1C(F)(F)F. The average Bonchev–Trinajstić information content (AvgIpc) is 3.03. The number of halogens is 3. The molecule has 6 nitrogen and oxygen atoms in total. The number of hydrogen-bond acceptors (Lipinski definition) is 5. The quantitative estimate of drug-likeness (QED) is 0.845. The highest BCUT2D eigenvalue weighted by Gasteiger charge is 2.38. The summed E-state index contributed by atoms with van der Waals surface area (Å²) in [7, 11) is 3.83. The minimum absolute atomic E-state index is 0.0285. The fraction of sp³-hybridized carbons (Fsp3) is 0.421. The first-order valence-electron chi connectivity index (χ1n) is 8.89. The molecule has 3 rings (SSSR count). The minimum atomic E-state index is -4.59. The summed E-state index contributed by atoms with van der Waals surface area (Å²) in [4.78, 5) is 25.1. The van der Waals surface area contributed by atoms with E-state index < -0.39 is 17.6 Å². The van der Waals surface area contributed by atoms with Crippen LogP contribution in [-0.4, -0.2) is 60.5 Å². The Morgan fingerprint density at radius 1 is 1.18 bits per heavy atom. The van der Waals surface area contributed by atoms with Crippen LogP contribution >= 0.6 is 0 Å². The lowest BCUT2D eigenvalue weighted by molar-refractivity contribution is -0.137. The van der Waals surface area contributed by atoms with Gasteiger partial charge in [0, 0.05) is 37.9 Å². The fourth-order valence-corrected chi connectivity index (χ4v) is 3.48. The van der Waals surface area contributed by atoms with Crippen molar-refractivity contribution in [3.05, 3.63) is 53.9 Å². The molecule has 1 aromatic carbocycles. The van der Waals surface area contributed by atoms with Crippen LogP contribution in [0.25, 0.3) is 0 Å². The van der Waals surface area contributed by atoms with Crippen molar-refractivity contribution >= 4 is 11.9 Å². The second kappa shape index (κ2) is 8.14. The van der Waals surface area contributed by atoms with E-state index in [4.69, 9.17) is 0 Å². The molecule has 1 fully saturated rings. The van der Waals surface area contributed by atoms with E-state index in [2.05, 4.69) is 15.3 Å². The molecular formula is C19H22F3N5O. The van der Waals surface area contributed by atoms with Gasteiger partial charge in [-0.25, -0.2) is 9.97 Å². The number of carbonyl (C=O) groups excluding carboxylic acids is 1. The molecule has 0 radical (unpaired) electrons. The summed E-state index contributed by atoms with van der Waals surface area (Å²) in [5, 5.41) is 2.80. The van der Waals surface area contributed by atoms with Crippen molar-refractivity contribution < 1.29 is 18.0 Å². The third kappa shape index (κ3) is 4.59. The van der Waals surface area contributed by atoms with Crippen LogP contribution in [0.3, 0.4) is 0 Å². The van der Waals surface area contributed by atoms with Gasteiger partial charge in [-0.2, -0.15) is 13.2 Å². The van der Waals surface area contributed by atoms with Crippen molar-refractivity contribution in [3.63, 3.8) is 0 Å². The summed E-state index contributed by atoms with van der Waals surface area (Å²) in [6.45, 7) is 1.71. The second-order valence-electron chi connectivity index (χ2n) is 7.10. The Morgan fingerprint density at radius 3 is 2.50 bits per heavy atom. The van der Waals surface area contributed by atoms with Gasteiger partial charge in [-0.1, -0.05) is 12.1 Å². The molecule has 1 aliphatic heterocycles. The van der Waals surface area contributed by atoms with Crippen molar-refractivity contribution in [2.45, 2.75) is 12.2 Å². The molecule has 1 aromatic heterocycles. The lowest BCUT2D eigenvalue weighted by Crippen LogP contribution is -2.43. The highest BCUT2D eigenvalue weighted by atomic mass is 19.4. The Hall–Kier alpha value is -2.68. The smallest absolute Gasteiger partial charge is 0.347 e. The zero-order valence-electron chi connectivity index (χ0n) is 15.6. The monoisotopic (exact) mass is 393 g/mol. The lowest BCUT2D eigenvalue weighted by atomic mass is 10.0. The molecule has 2 atom stereocenters. The highest BCUT2D eigenvalue weighted by molar-refractivity contribution is 5.96. The molecule has 9 heteroatoms. The molecule has 1 amide bonds. The molecule has 0 saturated carbocycles. The molecular weight excluding hydrogens is 371 g/mol. The third-order valence-corrected chi connectivity index (χ3v) is 4.67. The predicted octanol–water partition coefficient (Wildman–Crippen LogP) is 2.29. The summed E-state index contributed by atoms with van der Waals surface area (Å²) in [5.74, 6) is -0.156. The van der Waals surface area contributed by atoms with Gasteiger partial charge in [0.25, 0.3) is 5.91 Å². The Kier molecular flexibility index (Phi) is 5.83. The van der Waals surface area contributed by atoms with E-state index in [0.717, 1.165) is 6.07 Å². The number of nitrogens with zero attached hydrogens (tertiary/aromatic N) is 4. The maximum atomic E-state index is 13.2. The molecule has 1 N–H and O–H groups in total. The van der Waals surface area contributed by atoms with Crippen molar-refractivity contribution in [2.24, 2.45) is 5.92 Å². The van der Waals surface area contributed by atoms with Gasteiger partial charge < -0.3 is 15.1 Å². The van der Waals surface area contributed by atoms with Crippen LogP contribution in [0.4, 0.5) is 19.1 Å². The zero-order chi connectivity index (χ0) is 20.3. The van der Waals surface area contributed by atoms with Crippen LogP contribution in [0, 0.1) is 5.92 Å². The molecule has 0 aliphatic carbocycles. The number of benzene rings is 1. The number of hydrogen-bond donors (Lipinski definition) is 1. The number of carbonyl (C=O) groups is 1. The van der Waals surface area contributed by atoms with Crippen LogP contribution in [0.15, 0.2) is 42.7 Å². The Bertz CT molecular complexity index is 813. The Balaban J connectivity index is 1.80. The standard InChI is InChI=1S/C19H22F3N5O/c1-26(2)10-13-11-27(18-23-8-5-9-24-18)12-16(13)25-17(28)14-6-3-4-7-15(14)19(20,21)22/h3-9,13,16H,10-12H2,1-2H3,(H,25,28)/t13-,16-/m1/s1. The number of alkyl halides is 3. The van der Waals surface area contributed by atoms with Crippen LogP contribution < -0.4 is 10.2 Å². The largest absolute Gasteiger partial charge is 0.417 e. The van der Waals surface area contributed by atoms with Gasteiger partial charge in [-0.05, 0) is 32.3 Å². The van der Waals surface area contributed by atoms with E-state index in [-0.39, 0.29) is 17.5 Å². The van der Waals surface area contributed by atoms with Gasteiger partial charge in [0.2, 0.25) is 5.95 Å². The number of nitrogens with one attached hydrogen (secondary N) is 1. The third-order valence-electron chi connectivity index (χ3n) is 4.67. The topological polar surface area (TPSA) is 61.4 Å². The van der Waals surface area contributed by atoms with Crippen molar-refractivity contribution in [2.75, 3.05) is 38.6 Å². The van der Waals surface area contributed by atoms with Gasteiger partial charge in [-0.3, -0.25) is 4.79 Å². The summed E-state index contributed by atoms with van der Waals surface area (Å²) in [5.41, 5.74) is -1.30. The van der Waals surface area contributed by atoms with E-state index >= 15 is 0 Å². The van der Waals surface area contributed by atoms with Crippen LogP contribution in [0.1, 0.15) is 15.9 Å². The number of anilines is 1. The van der Waals surface area contributed by atoms with E-state index in [1.54, 1.807) is 18.5 Å². The first-order valence-corrected chi connectivity index (χ1v) is 8.89. The maximum absolute atomic E-state index is 13.2. The predicted molar refractivity (Wildman–Crippen MR) is 99.0 cm³/mol. The van der Waals surface area contributed by atoms with E-state index in [0.29, 0.717) is 25.6 Å². The van der Waals surface area contributed by atoms with Gasteiger partial charge in [0.1, 0.15) is 0 Å². The fourth-order valence-electron chi connectivity index (χ4n) is 3.48. The van der Waals surface area contributed by atoms with Crippen molar-refractivity contribution in [1.29, 1.82) is 0 Å². The van der Waals surface area contributed by atoms with Gasteiger partial charge in [-0.15, -0.1) is 0 Å². The molecule has 28 heavy (non-hydrogen) atoms. The molecule has 0 unspecified atom stereocenters. The molecule has 0 spiro atoms. The minimum Gasteiger partial charge on any atom is -0.347 e. The second-order valence-corrected chi connectivity index (χ2v) is 7.10. The van der Waals surface area contributed by atoms with Crippen LogP contribution in [0.2, 0.25) is 0 Å². The summed E-state index contributed by atoms with van der Waals surface area (Å²) >= 11 is 0. The van der Waals surface area contributed by atoms with E-state index in [1.807, 2.05) is 23.9 Å². The normalized spacial score (nSPS) is 19.9. The van der Waals surface area contributed by atoms with Crippen LogP contribution in [0.5, 0.6) is 0 Å².